The van der Waals surface area contributed by atoms with Crippen LogP contribution < -0.4 is 19.5 Å². The lowest BCUT2D eigenvalue weighted by Gasteiger charge is -2.22. The van der Waals surface area contributed by atoms with Crippen molar-refractivity contribution >= 4 is 5.91 Å². The highest BCUT2D eigenvalue weighted by Gasteiger charge is 2.20. The van der Waals surface area contributed by atoms with Crippen molar-refractivity contribution in [2.24, 2.45) is 0 Å². The molecule has 0 aliphatic carbocycles. The number of hydrogen-bond acceptors (Lipinski definition) is 4. The molecule has 2 aromatic carbocycles. The highest BCUT2D eigenvalue weighted by Crippen LogP contribution is 2.31. The van der Waals surface area contributed by atoms with E-state index in [1.165, 1.54) is 0 Å². The van der Waals surface area contributed by atoms with Crippen molar-refractivity contribution in [1.82, 2.24) is 5.32 Å². The Balaban J connectivity index is 2.07. The monoisotopic (exact) mass is 399 g/mol. The van der Waals surface area contributed by atoms with Crippen molar-refractivity contribution in [3.63, 3.8) is 0 Å². The zero-order chi connectivity index (χ0) is 21.4. The molecule has 0 aliphatic heterocycles. The lowest BCUT2D eigenvalue weighted by atomic mass is 10.0. The Kier molecular flexibility index (Phi) is 8.37. The molecule has 0 saturated carbocycles. The van der Waals surface area contributed by atoms with Crippen molar-refractivity contribution in [2.75, 3.05) is 13.2 Å². The molecule has 0 bridgehead atoms. The van der Waals surface area contributed by atoms with Crippen molar-refractivity contribution in [1.29, 1.82) is 0 Å². The Bertz CT molecular complexity index is 803. The molecule has 29 heavy (non-hydrogen) atoms. The van der Waals surface area contributed by atoms with Crippen LogP contribution in [0.1, 0.15) is 64.6 Å². The summed E-state index contributed by atoms with van der Waals surface area (Å²) in [5, 5.41) is 3.03. The molecule has 1 N–H and O–H groups in total. The smallest absolute Gasteiger partial charge is 0.261 e. The lowest BCUT2D eigenvalue weighted by molar-refractivity contribution is -0.127. The summed E-state index contributed by atoms with van der Waals surface area (Å²) < 4.78 is 17.3. The van der Waals surface area contributed by atoms with Gasteiger partial charge < -0.3 is 19.5 Å². The summed E-state index contributed by atoms with van der Waals surface area (Å²) in [5.74, 6) is 2.29. The Morgan fingerprint density at radius 3 is 2.21 bits per heavy atom. The Morgan fingerprint density at radius 2 is 1.55 bits per heavy atom. The van der Waals surface area contributed by atoms with E-state index in [0.717, 1.165) is 16.9 Å². The molecule has 5 nitrogen and oxygen atoms in total. The first-order valence-electron chi connectivity index (χ1n) is 10.3. The predicted octanol–water partition coefficient (Wildman–Crippen LogP) is 5.25. The van der Waals surface area contributed by atoms with Gasteiger partial charge in [-0.1, -0.05) is 38.1 Å². The third kappa shape index (κ3) is 6.14. The maximum Gasteiger partial charge on any atom is 0.261 e. The molecule has 0 radical (unpaired) electrons. The minimum Gasteiger partial charge on any atom is -0.490 e. The topological polar surface area (TPSA) is 56.8 Å². The standard InChI is InChI=1S/C24H33NO4/c1-7-27-22-14-13-19(15-23(22)28-8-2)17(5)25-24(26)18(6)29-21-12-10-9-11-20(21)16(3)4/h9-18H,7-8H2,1-6H3,(H,25,26). The van der Waals surface area contributed by atoms with Gasteiger partial charge in [-0.05, 0) is 62.9 Å². The van der Waals surface area contributed by atoms with Crippen LogP contribution >= 0.6 is 0 Å². The number of carbonyl (C=O) groups excluding carboxylic acids is 1. The molecular weight excluding hydrogens is 366 g/mol. The molecular formula is C24H33NO4. The average Bonchev–Trinajstić information content (AvgIpc) is 2.69. The van der Waals surface area contributed by atoms with Gasteiger partial charge in [-0.25, -0.2) is 0 Å². The van der Waals surface area contributed by atoms with E-state index in [-0.39, 0.29) is 11.9 Å². The summed E-state index contributed by atoms with van der Waals surface area (Å²) >= 11 is 0. The van der Waals surface area contributed by atoms with Gasteiger partial charge in [-0.2, -0.15) is 0 Å². The fourth-order valence-electron chi connectivity index (χ4n) is 3.06. The number of nitrogens with one attached hydrogen (secondary N) is 1. The Morgan fingerprint density at radius 1 is 0.897 bits per heavy atom. The van der Waals surface area contributed by atoms with E-state index in [9.17, 15) is 4.79 Å². The van der Waals surface area contributed by atoms with E-state index >= 15 is 0 Å². The summed E-state index contributed by atoms with van der Waals surface area (Å²) in [5.41, 5.74) is 2.04. The van der Waals surface area contributed by atoms with Crippen molar-refractivity contribution in [2.45, 2.75) is 59.6 Å². The molecule has 5 heteroatoms. The van der Waals surface area contributed by atoms with Crippen LogP contribution in [0.25, 0.3) is 0 Å². The molecule has 0 saturated heterocycles. The maximum absolute atomic E-state index is 12.7. The largest absolute Gasteiger partial charge is 0.490 e. The van der Waals surface area contributed by atoms with Crippen LogP contribution in [-0.2, 0) is 4.79 Å². The van der Waals surface area contributed by atoms with Crippen LogP contribution in [0, 0.1) is 0 Å². The molecule has 2 atom stereocenters. The molecule has 0 heterocycles. The Labute approximate surface area is 174 Å². The van der Waals surface area contributed by atoms with E-state index in [1.807, 2.05) is 63.2 Å². The quantitative estimate of drug-likeness (QED) is 0.593. The van der Waals surface area contributed by atoms with Crippen LogP contribution in [0.3, 0.4) is 0 Å². The van der Waals surface area contributed by atoms with E-state index in [2.05, 4.69) is 19.2 Å². The van der Waals surface area contributed by atoms with E-state index in [0.29, 0.717) is 30.6 Å². The minimum absolute atomic E-state index is 0.164. The fourth-order valence-corrected chi connectivity index (χ4v) is 3.06. The van der Waals surface area contributed by atoms with Crippen molar-refractivity contribution in [3.05, 3.63) is 53.6 Å². The van der Waals surface area contributed by atoms with Crippen LogP contribution in [0.4, 0.5) is 0 Å². The summed E-state index contributed by atoms with van der Waals surface area (Å²) in [6.07, 6.45) is -0.605. The Hall–Kier alpha value is -2.69. The van der Waals surface area contributed by atoms with Gasteiger partial charge in [0.15, 0.2) is 17.6 Å². The van der Waals surface area contributed by atoms with Gasteiger partial charge in [0.05, 0.1) is 19.3 Å². The third-order valence-electron chi connectivity index (χ3n) is 4.64. The fraction of sp³-hybridized carbons (Fsp3) is 0.458. The zero-order valence-corrected chi connectivity index (χ0v) is 18.3. The van der Waals surface area contributed by atoms with Crippen molar-refractivity contribution < 1.29 is 19.0 Å². The highest BCUT2D eigenvalue weighted by atomic mass is 16.5. The molecule has 1 amide bonds. The third-order valence-corrected chi connectivity index (χ3v) is 4.64. The molecule has 0 spiro atoms. The molecule has 2 aromatic rings. The number of carbonyl (C=O) groups is 1. The number of para-hydroxylation sites is 1. The minimum atomic E-state index is -0.605. The first-order valence-corrected chi connectivity index (χ1v) is 10.3. The first kappa shape index (κ1) is 22.6. The molecule has 0 fully saturated rings. The van der Waals surface area contributed by atoms with Gasteiger partial charge in [0.1, 0.15) is 5.75 Å². The number of hydrogen-bond donors (Lipinski definition) is 1. The molecule has 0 aliphatic rings. The van der Waals surface area contributed by atoms with Gasteiger partial charge >= 0.3 is 0 Å². The van der Waals surface area contributed by atoms with E-state index in [1.54, 1.807) is 6.92 Å². The van der Waals surface area contributed by atoms with Crippen LogP contribution in [0.5, 0.6) is 17.2 Å². The highest BCUT2D eigenvalue weighted by molar-refractivity contribution is 5.81. The van der Waals surface area contributed by atoms with Crippen LogP contribution in [-0.4, -0.2) is 25.2 Å². The summed E-state index contributed by atoms with van der Waals surface area (Å²) in [6, 6.07) is 13.4. The number of amides is 1. The van der Waals surface area contributed by atoms with Crippen LogP contribution in [0.2, 0.25) is 0 Å². The summed E-state index contributed by atoms with van der Waals surface area (Å²) in [4.78, 5) is 12.7. The van der Waals surface area contributed by atoms with Gasteiger partial charge in [-0.15, -0.1) is 0 Å². The SMILES string of the molecule is CCOc1ccc(C(C)NC(=O)C(C)Oc2ccccc2C(C)C)cc1OCC. The maximum atomic E-state index is 12.7. The predicted molar refractivity (Wildman–Crippen MR) is 116 cm³/mol. The summed E-state index contributed by atoms with van der Waals surface area (Å²) in [7, 11) is 0. The molecule has 158 valence electrons. The lowest BCUT2D eigenvalue weighted by Crippen LogP contribution is -2.38. The van der Waals surface area contributed by atoms with E-state index in [4.69, 9.17) is 14.2 Å². The second-order valence-corrected chi connectivity index (χ2v) is 7.26. The van der Waals surface area contributed by atoms with Gasteiger partial charge in [0.25, 0.3) is 5.91 Å². The normalized spacial score (nSPS) is 12.9. The number of benzene rings is 2. The summed E-state index contributed by atoms with van der Waals surface area (Å²) in [6.45, 7) is 12.9. The number of ether oxygens (including phenoxy) is 3. The average molecular weight is 400 g/mol. The second-order valence-electron chi connectivity index (χ2n) is 7.26. The van der Waals surface area contributed by atoms with Gasteiger partial charge in [0.2, 0.25) is 0 Å². The number of rotatable bonds is 10. The molecule has 0 aromatic heterocycles. The van der Waals surface area contributed by atoms with E-state index < -0.39 is 6.10 Å². The zero-order valence-electron chi connectivity index (χ0n) is 18.3. The molecule has 2 unspecified atom stereocenters. The molecule has 2 rings (SSSR count). The van der Waals surface area contributed by atoms with Gasteiger partial charge in [0, 0.05) is 0 Å². The van der Waals surface area contributed by atoms with Crippen molar-refractivity contribution in [3.8, 4) is 17.2 Å². The van der Waals surface area contributed by atoms with Crippen LogP contribution in [0.15, 0.2) is 42.5 Å². The second kappa shape index (κ2) is 10.7. The van der Waals surface area contributed by atoms with Gasteiger partial charge in [-0.3, -0.25) is 4.79 Å². The first-order chi connectivity index (χ1) is 13.9.